The highest BCUT2D eigenvalue weighted by Gasteiger charge is 2.07. The van der Waals surface area contributed by atoms with E-state index >= 15 is 0 Å². The highest BCUT2D eigenvalue weighted by Crippen LogP contribution is 2.15. The van der Waals surface area contributed by atoms with Gasteiger partial charge in [-0.2, -0.15) is 0 Å². The van der Waals surface area contributed by atoms with E-state index in [0.717, 1.165) is 22.2 Å². The standard InChI is InChI=1S/C14H21N5OS/c1-8-10(3)20-12(18-8)6-16-14(15-5)17-7-13-19-9(2)11(4)21-13/h6-7H2,1-5H3,(H2,15,16,17). The molecule has 0 fully saturated rings. The van der Waals surface area contributed by atoms with Gasteiger partial charge in [0.05, 0.1) is 24.5 Å². The Bertz CT molecular complexity index is 553. The predicted molar refractivity (Wildman–Crippen MR) is 84.6 cm³/mol. The van der Waals surface area contributed by atoms with E-state index in [4.69, 9.17) is 4.42 Å². The fourth-order valence-electron chi connectivity index (χ4n) is 1.77. The van der Waals surface area contributed by atoms with Crippen molar-refractivity contribution >= 4 is 17.3 Å². The maximum absolute atomic E-state index is 5.52. The van der Waals surface area contributed by atoms with Crippen LogP contribution in [0.4, 0.5) is 0 Å². The molecular formula is C14H21N5OS. The maximum Gasteiger partial charge on any atom is 0.214 e. The molecule has 0 aromatic carbocycles. The minimum atomic E-state index is 0.504. The Kier molecular flexibility index (Phi) is 4.95. The topological polar surface area (TPSA) is 75.3 Å². The summed E-state index contributed by atoms with van der Waals surface area (Å²) in [5, 5.41) is 7.46. The lowest BCUT2D eigenvalue weighted by Crippen LogP contribution is -2.36. The Labute approximate surface area is 128 Å². The molecule has 6 nitrogen and oxygen atoms in total. The molecule has 2 aromatic heterocycles. The van der Waals surface area contributed by atoms with Crippen molar-refractivity contribution in [1.29, 1.82) is 0 Å². The summed E-state index contributed by atoms with van der Waals surface area (Å²) in [5.74, 6) is 2.21. The third kappa shape index (κ3) is 4.04. The number of nitrogens with one attached hydrogen (secondary N) is 2. The number of rotatable bonds is 4. The smallest absolute Gasteiger partial charge is 0.214 e. The second-order valence-corrected chi connectivity index (χ2v) is 6.07. The molecule has 0 aliphatic rings. The molecule has 2 heterocycles. The molecule has 0 bridgehead atoms. The number of nitrogens with zero attached hydrogens (tertiary/aromatic N) is 3. The number of aryl methyl sites for hydroxylation is 4. The summed E-state index contributed by atoms with van der Waals surface area (Å²) in [6.45, 7) is 9.11. The van der Waals surface area contributed by atoms with E-state index < -0.39 is 0 Å². The number of guanidine groups is 1. The molecule has 0 radical (unpaired) electrons. The van der Waals surface area contributed by atoms with Crippen molar-refractivity contribution in [1.82, 2.24) is 20.6 Å². The number of aliphatic imine (C=N–C) groups is 1. The van der Waals surface area contributed by atoms with Gasteiger partial charge in [-0.3, -0.25) is 4.99 Å². The predicted octanol–water partition coefficient (Wildman–Crippen LogP) is 2.23. The lowest BCUT2D eigenvalue weighted by Gasteiger charge is -2.09. The van der Waals surface area contributed by atoms with E-state index in [1.165, 1.54) is 4.88 Å². The van der Waals surface area contributed by atoms with Gasteiger partial charge in [0.25, 0.3) is 0 Å². The molecule has 2 N–H and O–H groups in total. The van der Waals surface area contributed by atoms with Gasteiger partial charge in [-0.1, -0.05) is 0 Å². The Balaban J connectivity index is 1.86. The van der Waals surface area contributed by atoms with E-state index in [2.05, 4.69) is 32.5 Å². The molecule has 0 unspecified atom stereocenters. The van der Waals surface area contributed by atoms with Gasteiger partial charge in [0.15, 0.2) is 5.96 Å². The monoisotopic (exact) mass is 307 g/mol. The molecule has 0 amide bonds. The van der Waals surface area contributed by atoms with Gasteiger partial charge in [0, 0.05) is 11.9 Å². The van der Waals surface area contributed by atoms with Crippen molar-refractivity contribution in [3.63, 3.8) is 0 Å². The molecule has 0 atom stereocenters. The summed E-state index contributed by atoms with van der Waals surface area (Å²) in [5.41, 5.74) is 2.01. The summed E-state index contributed by atoms with van der Waals surface area (Å²) < 4.78 is 5.52. The van der Waals surface area contributed by atoms with Gasteiger partial charge in [-0.05, 0) is 27.7 Å². The van der Waals surface area contributed by atoms with Gasteiger partial charge in [-0.15, -0.1) is 11.3 Å². The number of thiazole rings is 1. The minimum Gasteiger partial charge on any atom is -0.444 e. The van der Waals surface area contributed by atoms with Crippen LogP contribution in [0.3, 0.4) is 0 Å². The van der Waals surface area contributed by atoms with Crippen LogP contribution in [0.2, 0.25) is 0 Å². The first-order valence-electron chi connectivity index (χ1n) is 6.80. The van der Waals surface area contributed by atoms with Gasteiger partial charge < -0.3 is 15.1 Å². The summed E-state index contributed by atoms with van der Waals surface area (Å²) in [4.78, 5) is 14.2. The van der Waals surface area contributed by atoms with E-state index in [1.807, 2.05) is 20.8 Å². The number of oxazole rings is 1. The zero-order chi connectivity index (χ0) is 15.4. The first kappa shape index (κ1) is 15.5. The van der Waals surface area contributed by atoms with Gasteiger partial charge in [-0.25, -0.2) is 9.97 Å². The quantitative estimate of drug-likeness (QED) is 0.669. The number of aromatic nitrogens is 2. The molecule has 0 spiro atoms. The normalized spacial score (nSPS) is 11.8. The fraction of sp³-hybridized carbons (Fsp3) is 0.500. The molecule has 2 aromatic rings. The average molecular weight is 307 g/mol. The lowest BCUT2D eigenvalue weighted by atomic mass is 10.4. The first-order valence-corrected chi connectivity index (χ1v) is 7.61. The number of hydrogen-bond acceptors (Lipinski definition) is 5. The summed E-state index contributed by atoms with van der Waals surface area (Å²) in [6, 6.07) is 0. The van der Waals surface area contributed by atoms with Crippen molar-refractivity contribution in [3.05, 3.63) is 32.9 Å². The zero-order valence-corrected chi connectivity index (χ0v) is 13.9. The van der Waals surface area contributed by atoms with Crippen LogP contribution < -0.4 is 10.6 Å². The zero-order valence-electron chi connectivity index (χ0n) is 13.1. The SMILES string of the molecule is CN=C(NCc1nc(C)c(C)o1)NCc1nc(C)c(C)s1. The van der Waals surface area contributed by atoms with E-state index in [-0.39, 0.29) is 0 Å². The molecule has 0 saturated heterocycles. The maximum atomic E-state index is 5.52. The lowest BCUT2D eigenvalue weighted by molar-refractivity contribution is 0.463. The Hall–Kier alpha value is -1.89. The number of hydrogen-bond donors (Lipinski definition) is 2. The molecule has 0 saturated carbocycles. The van der Waals surface area contributed by atoms with Crippen LogP contribution in [0, 0.1) is 27.7 Å². The highest BCUT2D eigenvalue weighted by atomic mass is 32.1. The van der Waals surface area contributed by atoms with Crippen LogP contribution in [0.1, 0.15) is 32.9 Å². The third-order valence-electron chi connectivity index (χ3n) is 3.18. The molecule has 7 heteroatoms. The molecule has 21 heavy (non-hydrogen) atoms. The van der Waals surface area contributed by atoms with Crippen molar-refractivity contribution in [2.45, 2.75) is 40.8 Å². The van der Waals surface area contributed by atoms with E-state index in [1.54, 1.807) is 18.4 Å². The van der Waals surface area contributed by atoms with Gasteiger partial charge in [0.2, 0.25) is 5.89 Å². The van der Waals surface area contributed by atoms with Gasteiger partial charge in [0.1, 0.15) is 10.8 Å². The van der Waals surface area contributed by atoms with Crippen molar-refractivity contribution < 1.29 is 4.42 Å². The molecule has 0 aliphatic heterocycles. The second-order valence-electron chi connectivity index (χ2n) is 4.78. The van der Waals surface area contributed by atoms with Crippen molar-refractivity contribution in [2.24, 2.45) is 4.99 Å². The highest BCUT2D eigenvalue weighted by molar-refractivity contribution is 7.11. The van der Waals surface area contributed by atoms with Gasteiger partial charge >= 0.3 is 0 Å². The fourth-order valence-corrected chi connectivity index (χ4v) is 2.64. The molecule has 114 valence electrons. The summed E-state index contributed by atoms with van der Waals surface area (Å²) in [7, 11) is 1.74. The Morgan fingerprint density at radius 3 is 2.33 bits per heavy atom. The van der Waals surface area contributed by atoms with Crippen LogP contribution in [0.5, 0.6) is 0 Å². The molecule has 0 aliphatic carbocycles. The Morgan fingerprint density at radius 1 is 1.10 bits per heavy atom. The summed E-state index contributed by atoms with van der Waals surface area (Å²) in [6.07, 6.45) is 0. The van der Waals surface area contributed by atoms with Crippen molar-refractivity contribution in [2.75, 3.05) is 7.05 Å². The third-order valence-corrected chi connectivity index (χ3v) is 4.26. The summed E-state index contributed by atoms with van der Waals surface area (Å²) >= 11 is 1.70. The molecule has 2 rings (SSSR count). The molecular weight excluding hydrogens is 286 g/mol. The van der Waals surface area contributed by atoms with Crippen molar-refractivity contribution in [3.8, 4) is 0 Å². The van der Waals surface area contributed by atoms with Crippen LogP contribution in [-0.4, -0.2) is 23.0 Å². The Morgan fingerprint density at radius 2 is 1.81 bits per heavy atom. The largest absolute Gasteiger partial charge is 0.444 e. The van der Waals surface area contributed by atoms with Crippen LogP contribution in [-0.2, 0) is 13.1 Å². The van der Waals surface area contributed by atoms with E-state index in [0.29, 0.717) is 24.9 Å². The van der Waals surface area contributed by atoms with Crippen LogP contribution in [0.15, 0.2) is 9.41 Å². The van der Waals surface area contributed by atoms with E-state index in [9.17, 15) is 0 Å². The van der Waals surface area contributed by atoms with Crippen LogP contribution in [0.25, 0.3) is 0 Å². The first-order chi connectivity index (χ1) is 9.99. The van der Waals surface area contributed by atoms with Crippen LogP contribution >= 0.6 is 11.3 Å². The second kappa shape index (κ2) is 6.71. The minimum absolute atomic E-state index is 0.504. The average Bonchev–Trinajstić information content (AvgIpc) is 2.93.